The van der Waals surface area contributed by atoms with Gasteiger partial charge in [0, 0.05) is 26.1 Å². The van der Waals surface area contributed by atoms with Gasteiger partial charge in [0.05, 0.1) is 6.61 Å². The Hall–Kier alpha value is -1.19. The topological polar surface area (TPSA) is 76.7 Å². The normalized spacial score (nSPS) is 11.5. The van der Waals surface area contributed by atoms with Crippen molar-refractivity contribution in [1.29, 1.82) is 0 Å². The first kappa shape index (κ1) is 24.8. The van der Waals surface area contributed by atoms with Crippen LogP contribution in [0.2, 0.25) is 0 Å². The Morgan fingerprint density at radius 3 is 2.32 bits per heavy atom. The number of rotatable bonds is 13. The van der Waals surface area contributed by atoms with Gasteiger partial charge in [0.15, 0.2) is 0 Å². The molecule has 2 amide bonds. The number of nitrogens with one attached hydrogen (secondary N) is 2. The molecular formula is C21H33IN2O4. The van der Waals surface area contributed by atoms with E-state index in [0.717, 1.165) is 11.1 Å². The Bertz CT molecular complexity index is 597. The van der Waals surface area contributed by atoms with Crippen LogP contribution in [0.4, 0.5) is 0 Å². The fraction of sp³-hybridized carbons (Fsp3) is 0.619. The molecule has 0 aliphatic rings. The molecular weight excluding hydrogens is 471 g/mol. The zero-order valence-corrected chi connectivity index (χ0v) is 19.5. The van der Waals surface area contributed by atoms with E-state index in [0.29, 0.717) is 45.1 Å². The minimum Gasteiger partial charge on any atom is -0.372 e. The monoisotopic (exact) mass is 504 g/mol. The van der Waals surface area contributed by atoms with E-state index in [9.17, 15) is 9.59 Å². The zero-order chi connectivity index (χ0) is 21.0. The lowest BCUT2D eigenvalue weighted by Gasteiger charge is -2.17. The summed E-state index contributed by atoms with van der Waals surface area (Å²) < 4.78 is 10.9. The summed E-state index contributed by atoms with van der Waals surface area (Å²) in [4.78, 5) is 23.3. The molecule has 0 aromatic heterocycles. The number of amides is 2. The SMILES string of the molecule is CC(C)CC(=O)NCCCOCC(=O)NCc1ccc(COC(C)(C)I)cc1. The smallest absolute Gasteiger partial charge is 0.246 e. The predicted octanol–water partition coefficient (Wildman–Crippen LogP) is 3.56. The van der Waals surface area contributed by atoms with E-state index in [2.05, 4.69) is 33.2 Å². The van der Waals surface area contributed by atoms with Crippen LogP contribution in [0.3, 0.4) is 0 Å². The Balaban J connectivity index is 2.12. The van der Waals surface area contributed by atoms with Crippen LogP contribution in [0.25, 0.3) is 0 Å². The Kier molecular flexibility index (Phi) is 11.6. The number of benzene rings is 1. The second-order valence-corrected chi connectivity index (χ2v) is 10.2. The van der Waals surface area contributed by atoms with Gasteiger partial charge in [-0.2, -0.15) is 0 Å². The van der Waals surface area contributed by atoms with Crippen molar-refractivity contribution in [2.45, 2.75) is 57.3 Å². The van der Waals surface area contributed by atoms with E-state index in [1.807, 2.05) is 52.0 Å². The maximum Gasteiger partial charge on any atom is 0.246 e. The molecule has 1 rings (SSSR count). The highest BCUT2D eigenvalue weighted by Gasteiger charge is 2.12. The minimum absolute atomic E-state index is 0.0244. The zero-order valence-electron chi connectivity index (χ0n) is 17.3. The third kappa shape index (κ3) is 13.1. The van der Waals surface area contributed by atoms with Crippen LogP contribution >= 0.6 is 22.6 Å². The molecule has 0 aliphatic carbocycles. The van der Waals surface area contributed by atoms with E-state index in [1.54, 1.807) is 0 Å². The highest BCUT2D eigenvalue weighted by molar-refractivity contribution is 14.1. The molecule has 0 saturated carbocycles. The van der Waals surface area contributed by atoms with E-state index in [-0.39, 0.29) is 22.0 Å². The molecule has 0 atom stereocenters. The summed E-state index contributed by atoms with van der Waals surface area (Å²) in [6.07, 6.45) is 1.22. The van der Waals surface area contributed by atoms with Crippen LogP contribution in [0, 0.1) is 5.92 Å². The maximum absolute atomic E-state index is 11.8. The average molecular weight is 504 g/mol. The fourth-order valence-corrected chi connectivity index (χ4v) is 2.43. The summed E-state index contributed by atoms with van der Waals surface area (Å²) in [5.41, 5.74) is 2.13. The number of carbonyl (C=O) groups excluding carboxylic acids is 2. The number of carbonyl (C=O) groups is 2. The van der Waals surface area contributed by atoms with E-state index < -0.39 is 0 Å². The number of hydrogen-bond donors (Lipinski definition) is 2. The van der Waals surface area contributed by atoms with Gasteiger partial charge in [-0.3, -0.25) is 9.59 Å². The van der Waals surface area contributed by atoms with E-state index in [1.165, 1.54) is 0 Å². The Labute approximate surface area is 182 Å². The van der Waals surface area contributed by atoms with Gasteiger partial charge in [-0.1, -0.05) is 38.1 Å². The third-order valence-electron chi connectivity index (χ3n) is 3.71. The molecule has 158 valence electrons. The third-order valence-corrected chi connectivity index (χ3v) is 4.02. The van der Waals surface area contributed by atoms with Gasteiger partial charge in [0.25, 0.3) is 0 Å². The fourth-order valence-electron chi connectivity index (χ4n) is 2.27. The minimum atomic E-state index is -0.190. The van der Waals surface area contributed by atoms with Crippen molar-refractivity contribution in [3.8, 4) is 0 Å². The van der Waals surface area contributed by atoms with Crippen molar-refractivity contribution in [1.82, 2.24) is 10.6 Å². The van der Waals surface area contributed by atoms with Crippen molar-refractivity contribution >= 4 is 34.4 Å². The average Bonchev–Trinajstić information content (AvgIpc) is 2.60. The van der Waals surface area contributed by atoms with Crippen molar-refractivity contribution in [3.05, 3.63) is 35.4 Å². The molecule has 0 aliphatic heterocycles. The second-order valence-electron chi connectivity index (χ2n) is 7.60. The van der Waals surface area contributed by atoms with Gasteiger partial charge in [-0.05, 0) is 59.9 Å². The van der Waals surface area contributed by atoms with Gasteiger partial charge >= 0.3 is 0 Å². The largest absolute Gasteiger partial charge is 0.372 e. The lowest BCUT2D eigenvalue weighted by atomic mass is 10.1. The Morgan fingerprint density at radius 2 is 1.71 bits per heavy atom. The van der Waals surface area contributed by atoms with Crippen molar-refractivity contribution in [2.24, 2.45) is 5.92 Å². The first-order valence-electron chi connectivity index (χ1n) is 9.67. The summed E-state index contributed by atoms with van der Waals surface area (Å²) >= 11 is 2.26. The molecule has 28 heavy (non-hydrogen) atoms. The summed E-state index contributed by atoms with van der Waals surface area (Å²) in [5, 5.41) is 5.68. The number of hydrogen-bond acceptors (Lipinski definition) is 4. The quantitative estimate of drug-likeness (QED) is 0.245. The van der Waals surface area contributed by atoms with Crippen LogP contribution in [-0.4, -0.2) is 35.2 Å². The van der Waals surface area contributed by atoms with Crippen molar-refractivity contribution in [2.75, 3.05) is 19.8 Å². The summed E-state index contributed by atoms with van der Waals surface area (Å²) in [5.74, 6) is 0.263. The molecule has 1 aromatic rings. The standard InChI is InChI=1S/C21H33IN2O4/c1-16(2)12-19(25)23-10-5-11-27-15-20(26)24-13-17-6-8-18(9-7-17)14-28-21(3,4)22/h6-9,16H,5,10-15H2,1-4H3,(H,23,25)(H,24,26). The van der Waals surface area contributed by atoms with Gasteiger partial charge in [0.2, 0.25) is 11.8 Å². The maximum atomic E-state index is 11.8. The lowest BCUT2D eigenvalue weighted by Crippen LogP contribution is -2.28. The molecule has 1 aromatic carbocycles. The summed E-state index contributed by atoms with van der Waals surface area (Å²) in [7, 11) is 0. The van der Waals surface area contributed by atoms with Crippen molar-refractivity contribution in [3.63, 3.8) is 0 Å². The van der Waals surface area contributed by atoms with Gasteiger partial charge in [0.1, 0.15) is 10.2 Å². The molecule has 0 heterocycles. The second kappa shape index (κ2) is 13.1. The van der Waals surface area contributed by atoms with Crippen LogP contribution in [0.1, 0.15) is 51.7 Å². The number of ether oxygens (including phenoxy) is 2. The molecule has 2 N–H and O–H groups in total. The molecule has 0 fully saturated rings. The molecule has 7 heteroatoms. The number of halogens is 1. The Morgan fingerprint density at radius 1 is 1.07 bits per heavy atom. The van der Waals surface area contributed by atoms with Gasteiger partial charge in [-0.15, -0.1) is 0 Å². The van der Waals surface area contributed by atoms with E-state index in [4.69, 9.17) is 9.47 Å². The van der Waals surface area contributed by atoms with Crippen LogP contribution in [0.15, 0.2) is 24.3 Å². The van der Waals surface area contributed by atoms with Gasteiger partial charge in [-0.25, -0.2) is 0 Å². The molecule has 0 radical (unpaired) electrons. The van der Waals surface area contributed by atoms with Crippen LogP contribution < -0.4 is 10.6 Å². The van der Waals surface area contributed by atoms with E-state index >= 15 is 0 Å². The highest BCUT2D eigenvalue weighted by Crippen LogP contribution is 2.20. The lowest BCUT2D eigenvalue weighted by molar-refractivity contribution is -0.126. The highest BCUT2D eigenvalue weighted by atomic mass is 127. The number of alkyl halides is 1. The predicted molar refractivity (Wildman–Crippen MR) is 119 cm³/mol. The summed E-state index contributed by atoms with van der Waals surface area (Å²) in [6.45, 7) is 10.1. The molecule has 0 bridgehead atoms. The summed E-state index contributed by atoms with van der Waals surface area (Å²) in [6, 6.07) is 7.99. The first-order valence-corrected chi connectivity index (χ1v) is 10.8. The molecule has 0 saturated heterocycles. The molecule has 6 nitrogen and oxygen atoms in total. The van der Waals surface area contributed by atoms with Gasteiger partial charge < -0.3 is 20.1 Å². The van der Waals surface area contributed by atoms with Crippen LogP contribution in [-0.2, 0) is 32.2 Å². The first-order chi connectivity index (χ1) is 13.2. The molecule has 0 spiro atoms. The van der Waals surface area contributed by atoms with Crippen molar-refractivity contribution < 1.29 is 19.1 Å². The molecule has 0 unspecified atom stereocenters. The van der Waals surface area contributed by atoms with Crippen LogP contribution in [0.5, 0.6) is 0 Å².